The average Bonchev–Trinajstić information content (AvgIpc) is 3.09. The van der Waals surface area contributed by atoms with Gasteiger partial charge in [0, 0.05) is 24.1 Å². The molecule has 0 aliphatic carbocycles. The number of hydrogen-bond acceptors (Lipinski definition) is 4. The number of carbonyl (C=O) groups excluding carboxylic acids is 1. The minimum absolute atomic E-state index is 0.0591. The van der Waals surface area contributed by atoms with Crippen LogP contribution in [0.3, 0.4) is 0 Å². The number of amides is 1. The van der Waals surface area contributed by atoms with E-state index in [1.165, 1.54) is 0 Å². The van der Waals surface area contributed by atoms with Crippen LogP contribution in [0.4, 0.5) is 5.69 Å². The Morgan fingerprint density at radius 3 is 2.76 bits per heavy atom. The van der Waals surface area contributed by atoms with Gasteiger partial charge in [0.15, 0.2) is 0 Å². The normalized spacial score (nSPS) is 10.6. The molecule has 1 amide bonds. The van der Waals surface area contributed by atoms with Crippen LogP contribution in [0.1, 0.15) is 30.4 Å². The van der Waals surface area contributed by atoms with Gasteiger partial charge in [0.2, 0.25) is 17.7 Å². The van der Waals surface area contributed by atoms with Crippen LogP contribution >= 0.6 is 0 Å². The highest BCUT2D eigenvalue weighted by Gasteiger charge is 2.11. The van der Waals surface area contributed by atoms with E-state index in [-0.39, 0.29) is 5.91 Å². The zero-order chi connectivity index (χ0) is 17.6. The molecule has 0 saturated carbocycles. The lowest BCUT2D eigenvalue weighted by Gasteiger charge is -2.08. The van der Waals surface area contributed by atoms with Crippen molar-refractivity contribution in [2.24, 2.45) is 0 Å². The summed E-state index contributed by atoms with van der Waals surface area (Å²) in [5.74, 6) is 0.891. The number of benzene rings is 2. The Balaban J connectivity index is 1.59. The van der Waals surface area contributed by atoms with E-state index in [0.717, 1.165) is 28.8 Å². The second-order valence-electron chi connectivity index (χ2n) is 5.93. The van der Waals surface area contributed by atoms with Crippen molar-refractivity contribution < 1.29 is 9.21 Å². The van der Waals surface area contributed by atoms with Gasteiger partial charge in [-0.05, 0) is 37.1 Å². The first-order valence-corrected chi connectivity index (χ1v) is 8.43. The van der Waals surface area contributed by atoms with Gasteiger partial charge in [-0.2, -0.15) is 0 Å². The van der Waals surface area contributed by atoms with Crippen molar-refractivity contribution in [3.63, 3.8) is 0 Å². The van der Waals surface area contributed by atoms with Crippen LogP contribution in [-0.4, -0.2) is 16.1 Å². The summed E-state index contributed by atoms with van der Waals surface area (Å²) in [5.41, 5.74) is 4.00. The molecule has 0 aliphatic rings. The first-order chi connectivity index (χ1) is 12.2. The van der Waals surface area contributed by atoms with E-state index in [9.17, 15) is 4.79 Å². The van der Waals surface area contributed by atoms with Crippen molar-refractivity contribution in [1.82, 2.24) is 10.2 Å². The number of para-hydroxylation sites is 1. The molecule has 0 fully saturated rings. The van der Waals surface area contributed by atoms with Crippen LogP contribution in [0.25, 0.3) is 11.5 Å². The standard InChI is InChI=1S/C20H21N3O2/c1-3-15-8-4-5-10-17(15)21-18(24)11-12-19-22-23-20(25-19)16-9-6-7-14(2)13-16/h4-10,13H,3,11-12H2,1-2H3,(H,21,24). The summed E-state index contributed by atoms with van der Waals surface area (Å²) in [4.78, 5) is 12.2. The predicted molar refractivity (Wildman–Crippen MR) is 97.2 cm³/mol. The number of nitrogens with one attached hydrogen (secondary N) is 1. The Kier molecular flexibility index (Phi) is 5.23. The number of rotatable bonds is 6. The number of hydrogen-bond donors (Lipinski definition) is 1. The highest BCUT2D eigenvalue weighted by atomic mass is 16.4. The molecular formula is C20H21N3O2. The summed E-state index contributed by atoms with van der Waals surface area (Å²) >= 11 is 0. The summed E-state index contributed by atoms with van der Waals surface area (Å²) in [6.07, 6.45) is 1.59. The molecule has 0 saturated heterocycles. The Hall–Kier alpha value is -2.95. The third kappa shape index (κ3) is 4.32. The molecule has 25 heavy (non-hydrogen) atoms. The molecule has 1 N–H and O–H groups in total. The molecule has 0 unspecified atom stereocenters. The van der Waals surface area contributed by atoms with Gasteiger partial charge in [-0.15, -0.1) is 10.2 Å². The zero-order valence-corrected chi connectivity index (χ0v) is 14.5. The molecule has 5 heteroatoms. The summed E-state index contributed by atoms with van der Waals surface area (Å²) in [6, 6.07) is 15.7. The molecule has 0 atom stereocenters. The maximum absolute atomic E-state index is 12.2. The third-order valence-corrected chi connectivity index (χ3v) is 3.97. The highest BCUT2D eigenvalue weighted by molar-refractivity contribution is 5.91. The van der Waals surface area contributed by atoms with Gasteiger partial charge in [0.1, 0.15) is 0 Å². The van der Waals surface area contributed by atoms with Crippen molar-refractivity contribution in [2.45, 2.75) is 33.1 Å². The van der Waals surface area contributed by atoms with Crippen molar-refractivity contribution >= 4 is 11.6 Å². The number of carbonyl (C=O) groups is 1. The summed E-state index contributed by atoms with van der Waals surface area (Å²) < 4.78 is 5.67. The maximum atomic E-state index is 12.2. The molecular weight excluding hydrogens is 314 g/mol. The van der Waals surface area contributed by atoms with Crippen LogP contribution < -0.4 is 5.32 Å². The Labute approximate surface area is 147 Å². The first kappa shape index (κ1) is 16.9. The van der Waals surface area contributed by atoms with Gasteiger partial charge in [0.25, 0.3) is 0 Å². The lowest BCUT2D eigenvalue weighted by atomic mass is 10.1. The van der Waals surface area contributed by atoms with Crippen LogP contribution in [0, 0.1) is 6.92 Å². The topological polar surface area (TPSA) is 68.0 Å². The van der Waals surface area contributed by atoms with Gasteiger partial charge in [-0.1, -0.05) is 42.8 Å². The highest BCUT2D eigenvalue weighted by Crippen LogP contribution is 2.20. The van der Waals surface area contributed by atoms with E-state index in [4.69, 9.17) is 4.42 Å². The largest absolute Gasteiger partial charge is 0.421 e. The molecule has 5 nitrogen and oxygen atoms in total. The Morgan fingerprint density at radius 2 is 1.96 bits per heavy atom. The fourth-order valence-electron chi connectivity index (χ4n) is 2.63. The number of anilines is 1. The Morgan fingerprint density at radius 1 is 1.12 bits per heavy atom. The molecule has 1 heterocycles. The van der Waals surface area contributed by atoms with E-state index < -0.39 is 0 Å². The van der Waals surface area contributed by atoms with Gasteiger partial charge in [-0.25, -0.2) is 0 Å². The minimum atomic E-state index is -0.0591. The fourth-order valence-corrected chi connectivity index (χ4v) is 2.63. The maximum Gasteiger partial charge on any atom is 0.247 e. The quantitative estimate of drug-likeness (QED) is 0.734. The van der Waals surface area contributed by atoms with E-state index in [1.807, 2.05) is 55.5 Å². The van der Waals surface area contributed by atoms with Crippen LogP contribution in [-0.2, 0) is 17.6 Å². The van der Waals surface area contributed by atoms with Crippen LogP contribution in [0.2, 0.25) is 0 Å². The molecule has 3 aromatic rings. The van der Waals surface area contributed by atoms with Gasteiger partial charge in [0.05, 0.1) is 0 Å². The summed E-state index contributed by atoms with van der Waals surface area (Å²) in [5, 5.41) is 11.1. The molecule has 1 aromatic heterocycles. The molecule has 2 aromatic carbocycles. The lowest BCUT2D eigenvalue weighted by molar-refractivity contribution is -0.116. The minimum Gasteiger partial charge on any atom is -0.421 e. The molecule has 128 valence electrons. The molecule has 0 spiro atoms. The van der Waals surface area contributed by atoms with Gasteiger partial charge in [-0.3, -0.25) is 4.79 Å². The molecule has 0 radical (unpaired) electrons. The molecule has 3 rings (SSSR count). The van der Waals surface area contributed by atoms with Crippen molar-refractivity contribution in [1.29, 1.82) is 0 Å². The average molecular weight is 335 g/mol. The second-order valence-corrected chi connectivity index (χ2v) is 5.93. The smallest absolute Gasteiger partial charge is 0.247 e. The van der Waals surface area contributed by atoms with Gasteiger partial charge >= 0.3 is 0 Å². The summed E-state index contributed by atoms with van der Waals surface area (Å²) in [6.45, 7) is 4.08. The monoisotopic (exact) mass is 335 g/mol. The molecule has 0 aliphatic heterocycles. The van der Waals surface area contributed by atoms with E-state index in [2.05, 4.69) is 22.4 Å². The van der Waals surface area contributed by atoms with Crippen LogP contribution in [0.15, 0.2) is 52.9 Å². The van der Waals surface area contributed by atoms with Crippen molar-refractivity contribution in [2.75, 3.05) is 5.32 Å². The van der Waals surface area contributed by atoms with E-state index in [1.54, 1.807) is 0 Å². The third-order valence-electron chi connectivity index (χ3n) is 3.97. The number of aromatic nitrogens is 2. The Bertz CT molecular complexity index is 871. The predicted octanol–water partition coefficient (Wildman–Crippen LogP) is 4.18. The van der Waals surface area contributed by atoms with Gasteiger partial charge < -0.3 is 9.73 Å². The van der Waals surface area contributed by atoms with E-state index in [0.29, 0.717) is 24.6 Å². The lowest BCUT2D eigenvalue weighted by Crippen LogP contribution is -2.13. The number of aryl methyl sites for hydroxylation is 3. The van der Waals surface area contributed by atoms with Crippen molar-refractivity contribution in [3.05, 3.63) is 65.5 Å². The zero-order valence-electron chi connectivity index (χ0n) is 14.5. The second kappa shape index (κ2) is 7.75. The van der Waals surface area contributed by atoms with Crippen LogP contribution in [0.5, 0.6) is 0 Å². The summed E-state index contributed by atoms with van der Waals surface area (Å²) in [7, 11) is 0. The van der Waals surface area contributed by atoms with Crippen molar-refractivity contribution in [3.8, 4) is 11.5 Å². The fraction of sp³-hybridized carbons (Fsp3) is 0.250. The van der Waals surface area contributed by atoms with E-state index >= 15 is 0 Å². The first-order valence-electron chi connectivity index (χ1n) is 8.43. The molecule has 0 bridgehead atoms. The SMILES string of the molecule is CCc1ccccc1NC(=O)CCc1nnc(-c2cccc(C)c2)o1. The number of nitrogens with zero attached hydrogens (tertiary/aromatic N) is 2.